The van der Waals surface area contributed by atoms with Crippen molar-refractivity contribution >= 4 is 39.3 Å². The third kappa shape index (κ3) is 5.76. The molecule has 3 aromatic rings. The minimum Gasteiger partial charge on any atom is -0.444 e. The molecule has 1 aromatic carbocycles. The standard InChI is InChI=1S/C20H17BrN4O4/c21-17-7-6-16(29-17)20(28)25-15-5-1-3-13(11-15)18(26)23-9-10-24-19(27)14-4-2-8-22-12-14/h1-8,11-12H,9-10H2,(H,23,26)(H,24,27)(H,25,28). The third-order valence-electron chi connectivity index (χ3n) is 3.80. The summed E-state index contributed by atoms with van der Waals surface area (Å²) in [5, 5.41) is 8.08. The topological polar surface area (TPSA) is 113 Å². The lowest BCUT2D eigenvalue weighted by Gasteiger charge is -2.09. The van der Waals surface area contributed by atoms with Gasteiger partial charge in [-0.05, 0) is 58.4 Å². The number of nitrogens with one attached hydrogen (secondary N) is 3. The molecule has 0 fully saturated rings. The summed E-state index contributed by atoms with van der Waals surface area (Å²) < 4.78 is 5.65. The molecule has 2 heterocycles. The Morgan fingerprint density at radius 1 is 0.897 bits per heavy atom. The molecule has 0 saturated carbocycles. The van der Waals surface area contributed by atoms with Crippen molar-refractivity contribution in [2.45, 2.75) is 0 Å². The Labute approximate surface area is 174 Å². The van der Waals surface area contributed by atoms with Crippen LogP contribution in [0.2, 0.25) is 0 Å². The van der Waals surface area contributed by atoms with Crippen LogP contribution in [0.4, 0.5) is 5.69 Å². The van der Waals surface area contributed by atoms with E-state index in [-0.39, 0.29) is 30.7 Å². The molecule has 148 valence electrons. The number of carbonyl (C=O) groups excluding carboxylic acids is 3. The first-order chi connectivity index (χ1) is 14.0. The van der Waals surface area contributed by atoms with E-state index in [4.69, 9.17) is 4.42 Å². The molecule has 0 aliphatic carbocycles. The molecule has 0 spiro atoms. The highest BCUT2D eigenvalue weighted by molar-refractivity contribution is 9.10. The van der Waals surface area contributed by atoms with Gasteiger partial charge in [-0.3, -0.25) is 19.4 Å². The molecule has 8 nitrogen and oxygen atoms in total. The Morgan fingerprint density at radius 2 is 1.62 bits per heavy atom. The largest absolute Gasteiger partial charge is 0.444 e. The quantitative estimate of drug-likeness (QED) is 0.473. The lowest BCUT2D eigenvalue weighted by atomic mass is 10.2. The average molecular weight is 457 g/mol. The molecule has 3 rings (SSSR count). The van der Waals surface area contributed by atoms with Gasteiger partial charge in [0.2, 0.25) is 0 Å². The average Bonchev–Trinajstić information content (AvgIpc) is 3.18. The maximum Gasteiger partial charge on any atom is 0.291 e. The summed E-state index contributed by atoms with van der Waals surface area (Å²) in [7, 11) is 0. The zero-order valence-electron chi connectivity index (χ0n) is 15.1. The van der Waals surface area contributed by atoms with Gasteiger partial charge in [-0.2, -0.15) is 0 Å². The van der Waals surface area contributed by atoms with E-state index < -0.39 is 5.91 Å². The van der Waals surface area contributed by atoms with E-state index in [1.165, 1.54) is 12.3 Å². The number of benzene rings is 1. The molecule has 29 heavy (non-hydrogen) atoms. The number of hydrogen-bond acceptors (Lipinski definition) is 5. The highest BCUT2D eigenvalue weighted by Gasteiger charge is 2.12. The van der Waals surface area contributed by atoms with Crippen molar-refractivity contribution in [2.24, 2.45) is 0 Å². The van der Waals surface area contributed by atoms with E-state index in [2.05, 4.69) is 36.9 Å². The van der Waals surface area contributed by atoms with Crippen molar-refractivity contribution in [3.63, 3.8) is 0 Å². The van der Waals surface area contributed by atoms with Gasteiger partial charge in [0.05, 0.1) is 5.56 Å². The van der Waals surface area contributed by atoms with Crippen LogP contribution in [0.5, 0.6) is 0 Å². The number of nitrogens with zero attached hydrogens (tertiary/aromatic N) is 1. The van der Waals surface area contributed by atoms with E-state index in [9.17, 15) is 14.4 Å². The highest BCUT2D eigenvalue weighted by atomic mass is 79.9. The van der Waals surface area contributed by atoms with Gasteiger partial charge in [0, 0.05) is 36.7 Å². The number of pyridine rings is 1. The molecule has 0 aliphatic rings. The summed E-state index contributed by atoms with van der Waals surface area (Å²) in [6.45, 7) is 0.519. The third-order valence-corrected chi connectivity index (χ3v) is 4.23. The Bertz CT molecular complexity index is 1020. The van der Waals surface area contributed by atoms with E-state index in [1.807, 2.05) is 0 Å². The molecule has 2 aromatic heterocycles. The van der Waals surface area contributed by atoms with Crippen LogP contribution in [-0.2, 0) is 0 Å². The van der Waals surface area contributed by atoms with E-state index in [1.54, 1.807) is 48.7 Å². The molecule has 0 radical (unpaired) electrons. The minimum atomic E-state index is -0.425. The number of hydrogen-bond donors (Lipinski definition) is 3. The van der Waals surface area contributed by atoms with Crippen molar-refractivity contribution in [1.29, 1.82) is 0 Å². The maximum atomic E-state index is 12.3. The van der Waals surface area contributed by atoms with Gasteiger partial charge in [-0.25, -0.2) is 0 Å². The summed E-state index contributed by atoms with van der Waals surface area (Å²) >= 11 is 3.14. The molecular formula is C20H17BrN4O4. The molecule has 0 bridgehead atoms. The zero-order valence-corrected chi connectivity index (χ0v) is 16.7. The van der Waals surface area contributed by atoms with Crippen LogP contribution in [0.1, 0.15) is 31.3 Å². The Morgan fingerprint density at radius 3 is 2.28 bits per heavy atom. The van der Waals surface area contributed by atoms with Gasteiger partial charge < -0.3 is 20.4 Å². The number of rotatable bonds is 7. The maximum absolute atomic E-state index is 12.3. The number of halogens is 1. The first-order valence-corrected chi connectivity index (χ1v) is 9.45. The monoisotopic (exact) mass is 456 g/mol. The fourth-order valence-electron chi connectivity index (χ4n) is 2.42. The smallest absolute Gasteiger partial charge is 0.291 e. The minimum absolute atomic E-state index is 0.149. The van der Waals surface area contributed by atoms with Gasteiger partial charge in [0.15, 0.2) is 10.4 Å². The van der Waals surface area contributed by atoms with Gasteiger partial charge in [-0.1, -0.05) is 6.07 Å². The fourth-order valence-corrected chi connectivity index (χ4v) is 2.73. The molecule has 3 N–H and O–H groups in total. The molecule has 3 amide bonds. The normalized spacial score (nSPS) is 10.2. The zero-order chi connectivity index (χ0) is 20.6. The molecule has 0 atom stereocenters. The number of aromatic nitrogens is 1. The second-order valence-electron chi connectivity index (χ2n) is 5.89. The van der Waals surface area contributed by atoms with Crippen molar-refractivity contribution in [3.05, 3.63) is 82.5 Å². The highest BCUT2D eigenvalue weighted by Crippen LogP contribution is 2.17. The van der Waals surface area contributed by atoms with Crippen LogP contribution in [-0.4, -0.2) is 35.8 Å². The lowest BCUT2D eigenvalue weighted by molar-refractivity contribution is 0.0927. The van der Waals surface area contributed by atoms with E-state index in [0.717, 1.165) is 0 Å². The summed E-state index contributed by atoms with van der Waals surface area (Å²) in [6, 6.07) is 13.0. The number of carbonyl (C=O) groups is 3. The number of anilines is 1. The summed E-state index contributed by atoms with van der Waals surface area (Å²) in [5.74, 6) is -0.860. The Kier molecular flexibility index (Phi) is 6.75. The van der Waals surface area contributed by atoms with Crippen molar-refractivity contribution in [1.82, 2.24) is 15.6 Å². The summed E-state index contributed by atoms with van der Waals surface area (Å²) in [6.07, 6.45) is 3.05. The first-order valence-electron chi connectivity index (χ1n) is 8.66. The molecular weight excluding hydrogens is 440 g/mol. The number of furan rings is 1. The van der Waals surface area contributed by atoms with Crippen LogP contribution < -0.4 is 16.0 Å². The SMILES string of the molecule is O=C(NCCNC(=O)c1cccc(NC(=O)c2ccc(Br)o2)c1)c1cccnc1. The Balaban J connectivity index is 1.49. The van der Waals surface area contributed by atoms with E-state index >= 15 is 0 Å². The van der Waals surface area contributed by atoms with Crippen LogP contribution in [0.15, 0.2) is 70.0 Å². The Hall–Kier alpha value is -3.46. The predicted octanol–water partition coefficient (Wildman–Crippen LogP) is 2.85. The van der Waals surface area contributed by atoms with Gasteiger partial charge in [-0.15, -0.1) is 0 Å². The van der Waals surface area contributed by atoms with Crippen LogP contribution in [0, 0.1) is 0 Å². The van der Waals surface area contributed by atoms with Gasteiger partial charge in [0.25, 0.3) is 17.7 Å². The molecule has 9 heteroatoms. The lowest BCUT2D eigenvalue weighted by Crippen LogP contribution is -2.34. The molecule has 0 unspecified atom stereocenters. The summed E-state index contributed by atoms with van der Waals surface area (Å²) in [4.78, 5) is 40.2. The second-order valence-corrected chi connectivity index (χ2v) is 6.67. The van der Waals surface area contributed by atoms with Crippen molar-refractivity contribution < 1.29 is 18.8 Å². The van der Waals surface area contributed by atoms with Crippen LogP contribution in [0.3, 0.4) is 0 Å². The van der Waals surface area contributed by atoms with Crippen LogP contribution >= 0.6 is 15.9 Å². The van der Waals surface area contributed by atoms with E-state index in [0.29, 0.717) is 21.5 Å². The molecule has 0 aliphatic heterocycles. The number of amides is 3. The second kappa shape index (κ2) is 9.65. The molecule has 0 saturated heterocycles. The van der Waals surface area contributed by atoms with Crippen LogP contribution in [0.25, 0.3) is 0 Å². The predicted molar refractivity (Wildman–Crippen MR) is 110 cm³/mol. The first kappa shape index (κ1) is 20.3. The summed E-state index contributed by atoms with van der Waals surface area (Å²) in [5.41, 5.74) is 1.29. The van der Waals surface area contributed by atoms with Gasteiger partial charge >= 0.3 is 0 Å². The van der Waals surface area contributed by atoms with Crippen molar-refractivity contribution in [2.75, 3.05) is 18.4 Å². The van der Waals surface area contributed by atoms with Crippen molar-refractivity contribution in [3.8, 4) is 0 Å². The van der Waals surface area contributed by atoms with Gasteiger partial charge in [0.1, 0.15) is 0 Å². The fraction of sp³-hybridized carbons (Fsp3) is 0.100.